The third-order valence-corrected chi connectivity index (χ3v) is 5.66. The minimum absolute atomic E-state index is 0.00660. The lowest BCUT2D eigenvalue weighted by Crippen LogP contribution is -2.38. The summed E-state index contributed by atoms with van der Waals surface area (Å²) in [5, 5.41) is 12.1. The smallest absolute Gasteiger partial charge is 0.416 e. The molecular formula is C24H23F6NO3. The van der Waals surface area contributed by atoms with Crippen LogP contribution < -0.4 is 5.32 Å². The number of nitrogens with one attached hydrogen (secondary N) is 1. The number of aliphatic hydroxyl groups is 1. The molecule has 0 saturated heterocycles. The molecule has 3 atom stereocenters. The van der Waals surface area contributed by atoms with Crippen molar-refractivity contribution in [3.63, 3.8) is 0 Å². The molecule has 1 aromatic heterocycles. The van der Waals surface area contributed by atoms with Crippen molar-refractivity contribution in [3.05, 3.63) is 71.0 Å². The lowest BCUT2D eigenvalue weighted by Gasteiger charge is -2.22. The monoisotopic (exact) mass is 487 g/mol. The van der Waals surface area contributed by atoms with Gasteiger partial charge in [-0.2, -0.15) is 26.3 Å². The molecule has 0 saturated carbocycles. The number of halogens is 6. The third kappa shape index (κ3) is 5.91. The van der Waals surface area contributed by atoms with Crippen LogP contribution in [-0.4, -0.2) is 23.3 Å². The first-order valence-corrected chi connectivity index (χ1v) is 10.5. The van der Waals surface area contributed by atoms with Gasteiger partial charge in [-0.05, 0) is 60.7 Å². The fraction of sp³-hybridized carbons (Fsp3) is 0.375. The van der Waals surface area contributed by atoms with Crippen LogP contribution in [0.1, 0.15) is 53.6 Å². The van der Waals surface area contributed by atoms with E-state index in [9.17, 15) is 36.2 Å². The zero-order valence-corrected chi connectivity index (χ0v) is 18.3. The maximum atomic E-state index is 13.6. The number of carbonyl (C=O) groups excluding carboxylic acids is 1. The molecular weight excluding hydrogens is 464 g/mol. The molecule has 3 unspecified atom stereocenters. The summed E-state index contributed by atoms with van der Waals surface area (Å²) < 4.78 is 85.2. The molecule has 2 N–H and O–H groups in total. The molecule has 0 aliphatic carbocycles. The van der Waals surface area contributed by atoms with Gasteiger partial charge in [-0.3, -0.25) is 4.79 Å². The molecule has 0 spiro atoms. The van der Waals surface area contributed by atoms with Gasteiger partial charge in [0.25, 0.3) is 5.91 Å². The van der Waals surface area contributed by atoms with Crippen LogP contribution in [0.5, 0.6) is 0 Å². The highest BCUT2D eigenvalue weighted by atomic mass is 19.4. The van der Waals surface area contributed by atoms with Crippen LogP contribution in [0, 0.1) is 5.92 Å². The van der Waals surface area contributed by atoms with Gasteiger partial charge < -0.3 is 14.8 Å². The SMILES string of the molecule is CCC(Cc1ccc2oc(C(=O)NC(c3cccc(C(F)(F)F)c3)C(F)(F)F)cc2c1)C(C)O. The number of benzene rings is 2. The minimum atomic E-state index is -5.05. The van der Waals surface area contributed by atoms with E-state index in [1.807, 2.05) is 6.92 Å². The zero-order valence-electron chi connectivity index (χ0n) is 18.3. The van der Waals surface area contributed by atoms with E-state index in [2.05, 4.69) is 0 Å². The van der Waals surface area contributed by atoms with Gasteiger partial charge in [0.2, 0.25) is 0 Å². The topological polar surface area (TPSA) is 62.5 Å². The third-order valence-electron chi connectivity index (χ3n) is 5.66. The number of alkyl halides is 6. The molecule has 0 aliphatic rings. The second-order valence-electron chi connectivity index (χ2n) is 8.17. The van der Waals surface area contributed by atoms with E-state index in [-0.39, 0.29) is 11.5 Å². The molecule has 0 fully saturated rings. The van der Waals surface area contributed by atoms with Gasteiger partial charge in [0.15, 0.2) is 11.8 Å². The molecule has 184 valence electrons. The van der Waals surface area contributed by atoms with Gasteiger partial charge in [-0.1, -0.05) is 31.5 Å². The number of hydrogen-bond donors (Lipinski definition) is 2. The normalized spacial score (nSPS) is 15.2. The zero-order chi connectivity index (χ0) is 25.3. The maximum Gasteiger partial charge on any atom is 0.416 e. The largest absolute Gasteiger partial charge is 0.451 e. The average Bonchev–Trinajstić information content (AvgIpc) is 3.17. The van der Waals surface area contributed by atoms with E-state index in [0.717, 1.165) is 24.1 Å². The van der Waals surface area contributed by atoms with Crippen LogP contribution in [0.2, 0.25) is 0 Å². The van der Waals surface area contributed by atoms with Gasteiger partial charge in [0.1, 0.15) is 5.58 Å². The number of fused-ring (bicyclic) bond motifs is 1. The highest BCUT2D eigenvalue weighted by Crippen LogP contribution is 2.36. The number of aliphatic hydroxyl groups excluding tert-OH is 1. The summed E-state index contributed by atoms with van der Waals surface area (Å²) in [6, 6.07) is 6.36. The molecule has 3 rings (SSSR count). The predicted molar refractivity (Wildman–Crippen MR) is 113 cm³/mol. The van der Waals surface area contributed by atoms with Crippen LogP contribution in [0.15, 0.2) is 52.9 Å². The van der Waals surface area contributed by atoms with Crippen molar-refractivity contribution in [3.8, 4) is 0 Å². The summed E-state index contributed by atoms with van der Waals surface area (Å²) in [5.41, 5.74) is -0.892. The molecule has 1 amide bonds. The van der Waals surface area contributed by atoms with Crippen molar-refractivity contribution in [1.82, 2.24) is 5.32 Å². The summed E-state index contributed by atoms with van der Waals surface area (Å²) in [4.78, 5) is 12.6. The molecule has 4 nitrogen and oxygen atoms in total. The Kier molecular flexibility index (Phi) is 7.30. The van der Waals surface area contributed by atoms with E-state index in [1.54, 1.807) is 30.4 Å². The quantitative estimate of drug-likeness (QED) is 0.378. The van der Waals surface area contributed by atoms with Crippen molar-refractivity contribution in [2.24, 2.45) is 5.92 Å². The second-order valence-corrected chi connectivity index (χ2v) is 8.17. The molecule has 2 aromatic carbocycles. The molecule has 1 heterocycles. The number of amides is 1. The Morgan fingerprint density at radius 2 is 1.76 bits per heavy atom. The highest BCUT2D eigenvalue weighted by molar-refractivity contribution is 5.96. The van der Waals surface area contributed by atoms with Crippen molar-refractivity contribution in [2.45, 2.75) is 51.2 Å². The summed E-state index contributed by atoms with van der Waals surface area (Å²) in [6.07, 6.45) is -9.11. The first kappa shape index (κ1) is 25.6. The lowest BCUT2D eigenvalue weighted by molar-refractivity contribution is -0.156. The Bertz CT molecular complexity index is 1150. The highest BCUT2D eigenvalue weighted by Gasteiger charge is 2.43. The van der Waals surface area contributed by atoms with Gasteiger partial charge >= 0.3 is 12.4 Å². The Labute approximate surface area is 191 Å². The fourth-order valence-corrected chi connectivity index (χ4v) is 3.74. The summed E-state index contributed by atoms with van der Waals surface area (Å²) >= 11 is 0. The minimum Gasteiger partial charge on any atom is -0.451 e. The summed E-state index contributed by atoms with van der Waals surface area (Å²) in [7, 11) is 0. The molecule has 0 aliphatic heterocycles. The Balaban J connectivity index is 1.87. The summed E-state index contributed by atoms with van der Waals surface area (Å²) in [6.45, 7) is 3.63. The number of rotatable bonds is 7. The number of furan rings is 1. The van der Waals surface area contributed by atoms with E-state index in [1.165, 1.54) is 6.07 Å². The van der Waals surface area contributed by atoms with Crippen molar-refractivity contribution >= 4 is 16.9 Å². The molecule has 0 bridgehead atoms. The fourth-order valence-electron chi connectivity index (χ4n) is 3.74. The van der Waals surface area contributed by atoms with E-state index in [0.29, 0.717) is 23.9 Å². The van der Waals surface area contributed by atoms with Crippen LogP contribution in [0.3, 0.4) is 0 Å². The average molecular weight is 487 g/mol. The molecule has 10 heteroatoms. The van der Waals surface area contributed by atoms with E-state index < -0.39 is 47.3 Å². The van der Waals surface area contributed by atoms with Gasteiger partial charge in [-0.15, -0.1) is 0 Å². The molecule has 34 heavy (non-hydrogen) atoms. The van der Waals surface area contributed by atoms with Gasteiger partial charge in [0.05, 0.1) is 11.7 Å². The first-order chi connectivity index (χ1) is 15.8. The molecule has 3 aromatic rings. The lowest BCUT2D eigenvalue weighted by atomic mass is 9.92. The van der Waals surface area contributed by atoms with E-state index in [4.69, 9.17) is 4.42 Å². The predicted octanol–water partition coefficient (Wildman–Crippen LogP) is 6.43. The van der Waals surface area contributed by atoms with Crippen molar-refractivity contribution in [2.75, 3.05) is 0 Å². The standard InChI is InChI=1S/C24H23F6NO3/c1-3-15(13(2)32)9-14-7-8-19-17(10-14)12-20(34-19)22(33)31-21(24(28,29)30)16-5-4-6-18(11-16)23(25,26)27/h4-8,10-13,15,21,32H,3,9H2,1-2H3,(H,31,33). The first-order valence-electron chi connectivity index (χ1n) is 10.5. The van der Waals surface area contributed by atoms with Crippen molar-refractivity contribution < 1.29 is 40.7 Å². The van der Waals surface area contributed by atoms with Crippen LogP contribution in [0.4, 0.5) is 26.3 Å². The van der Waals surface area contributed by atoms with E-state index >= 15 is 0 Å². The van der Waals surface area contributed by atoms with Crippen LogP contribution >= 0.6 is 0 Å². The van der Waals surface area contributed by atoms with Gasteiger partial charge in [-0.25, -0.2) is 0 Å². The Hall–Kier alpha value is -3.01. The van der Waals surface area contributed by atoms with Crippen LogP contribution in [-0.2, 0) is 12.6 Å². The summed E-state index contributed by atoms with van der Waals surface area (Å²) in [5.74, 6) is -1.61. The number of carbonyl (C=O) groups is 1. The van der Waals surface area contributed by atoms with Crippen molar-refractivity contribution in [1.29, 1.82) is 0 Å². The van der Waals surface area contributed by atoms with Gasteiger partial charge in [0, 0.05) is 5.39 Å². The maximum absolute atomic E-state index is 13.6. The second kappa shape index (κ2) is 9.69. The molecule has 0 radical (unpaired) electrons. The van der Waals surface area contributed by atoms with Crippen LogP contribution in [0.25, 0.3) is 11.0 Å². The Morgan fingerprint density at radius 3 is 2.35 bits per heavy atom. The number of hydrogen-bond acceptors (Lipinski definition) is 3. The Morgan fingerprint density at radius 1 is 1.06 bits per heavy atom.